The molecule has 1 aliphatic carbocycles. The van der Waals surface area contributed by atoms with Crippen LogP contribution in [0.4, 0.5) is 0 Å². The van der Waals surface area contributed by atoms with E-state index in [1.807, 2.05) is 11.0 Å². The van der Waals surface area contributed by atoms with Gasteiger partial charge < -0.3 is 15.1 Å². The zero-order valence-electron chi connectivity index (χ0n) is 20.9. The van der Waals surface area contributed by atoms with Gasteiger partial charge in [0.05, 0.1) is 4.91 Å². The Kier molecular flexibility index (Phi) is 9.12. The van der Waals surface area contributed by atoms with Crippen LogP contribution in [0, 0.1) is 6.92 Å². The molecule has 3 unspecified atom stereocenters. The Hall–Kier alpha value is -1.79. The van der Waals surface area contributed by atoms with E-state index in [-0.39, 0.29) is 24.4 Å². The number of nitrogens with zero attached hydrogens (tertiary/aromatic N) is 2. The molecular weight excluding hydrogens is 442 g/mol. The van der Waals surface area contributed by atoms with Crippen LogP contribution >= 0.6 is 11.8 Å². The van der Waals surface area contributed by atoms with Crippen LogP contribution < -0.4 is 5.32 Å². The van der Waals surface area contributed by atoms with Crippen molar-refractivity contribution >= 4 is 29.7 Å². The summed E-state index contributed by atoms with van der Waals surface area (Å²) in [5.74, 6) is -0.00655. The predicted molar refractivity (Wildman–Crippen MR) is 142 cm³/mol. The Labute approximate surface area is 209 Å². The molecule has 186 valence electrons. The van der Waals surface area contributed by atoms with Gasteiger partial charge in [0.15, 0.2) is 0 Å². The van der Waals surface area contributed by atoms with Crippen LogP contribution in [-0.4, -0.2) is 65.1 Å². The Morgan fingerprint density at radius 2 is 1.88 bits per heavy atom. The number of aryl methyl sites for hydroxylation is 1. The van der Waals surface area contributed by atoms with Crippen LogP contribution in [0.25, 0.3) is 6.08 Å². The van der Waals surface area contributed by atoms with Crippen molar-refractivity contribution in [2.45, 2.75) is 89.0 Å². The van der Waals surface area contributed by atoms with Gasteiger partial charge in [-0.3, -0.25) is 9.59 Å². The Balaban J connectivity index is 1.34. The topological polar surface area (TPSA) is 52.7 Å². The molecule has 3 fully saturated rings. The minimum Gasteiger partial charge on any atom is -0.355 e. The van der Waals surface area contributed by atoms with Gasteiger partial charge in [0.2, 0.25) is 5.91 Å². The second-order valence-electron chi connectivity index (χ2n) is 10.2. The number of fused-ring (bicyclic) bond motifs is 1. The van der Waals surface area contributed by atoms with E-state index in [1.54, 1.807) is 11.8 Å². The molecular formula is C28H41N3O2S. The van der Waals surface area contributed by atoms with E-state index < -0.39 is 0 Å². The summed E-state index contributed by atoms with van der Waals surface area (Å²) in [6, 6.07) is 9.15. The standard InChI is InChI=1S/C28H41N3O2S/c1-3-23-9-6-7-17-30(23)18-8-16-29-27(32)20-31-24-10-4-5-11-25(24)34-26(28(31)33)19-22-14-12-21(2)13-15-22/h12-15,19,23-25H,3-11,16-18,20H2,1-2H3,(H,29,32)/b26-19+. The predicted octanol–water partition coefficient (Wildman–Crippen LogP) is 4.99. The highest BCUT2D eigenvalue weighted by molar-refractivity contribution is 8.04. The first kappa shape index (κ1) is 25.3. The van der Waals surface area contributed by atoms with Gasteiger partial charge in [-0.15, -0.1) is 11.8 Å². The van der Waals surface area contributed by atoms with Gasteiger partial charge in [-0.25, -0.2) is 0 Å². The average Bonchev–Trinajstić information content (AvgIpc) is 2.86. The molecule has 4 rings (SSSR count). The number of piperidine rings is 1. The molecule has 2 heterocycles. The first-order valence-electron chi connectivity index (χ1n) is 13.3. The zero-order valence-corrected chi connectivity index (χ0v) is 21.7. The molecule has 1 aromatic rings. The van der Waals surface area contributed by atoms with Gasteiger partial charge in [0.1, 0.15) is 6.54 Å². The summed E-state index contributed by atoms with van der Waals surface area (Å²) < 4.78 is 0. The molecule has 5 nitrogen and oxygen atoms in total. The lowest BCUT2D eigenvalue weighted by molar-refractivity contribution is -0.135. The molecule has 0 radical (unpaired) electrons. The Morgan fingerprint density at radius 3 is 2.68 bits per heavy atom. The quantitative estimate of drug-likeness (QED) is 0.418. The summed E-state index contributed by atoms with van der Waals surface area (Å²) in [4.78, 5) is 31.5. The molecule has 3 atom stereocenters. The minimum atomic E-state index is -0.0232. The molecule has 34 heavy (non-hydrogen) atoms. The number of benzene rings is 1. The summed E-state index contributed by atoms with van der Waals surface area (Å²) in [6.07, 6.45) is 12.6. The number of carbonyl (C=O) groups is 2. The zero-order chi connectivity index (χ0) is 23.9. The van der Waals surface area contributed by atoms with E-state index in [0.717, 1.165) is 42.7 Å². The summed E-state index contributed by atoms with van der Waals surface area (Å²) in [6.45, 7) is 7.44. The molecule has 6 heteroatoms. The largest absolute Gasteiger partial charge is 0.355 e. The maximum Gasteiger partial charge on any atom is 0.261 e. The lowest BCUT2D eigenvalue weighted by atomic mass is 9.93. The van der Waals surface area contributed by atoms with Crippen molar-refractivity contribution in [1.82, 2.24) is 15.1 Å². The molecule has 2 amide bonds. The van der Waals surface area contributed by atoms with Crippen molar-refractivity contribution in [1.29, 1.82) is 0 Å². The number of amides is 2. The smallest absolute Gasteiger partial charge is 0.261 e. The second-order valence-corrected chi connectivity index (χ2v) is 11.4. The van der Waals surface area contributed by atoms with Gasteiger partial charge in [0, 0.05) is 30.4 Å². The van der Waals surface area contributed by atoms with E-state index in [9.17, 15) is 9.59 Å². The molecule has 0 spiro atoms. The van der Waals surface area contributed by atoms with Crippen molar-refractivity contribution in [3.63, 3.8) is 0 Å². The average molecular weight is 484 g/mol. The Morgan fingerprint density at radius 1 is 1.12 bits per heavy atom. The third-order valence-corrected chi connectivity index (χ3v) is 9.07. The lowest BCUT2D eigenvalue weighted by Crippen LogP contribution is -2.54. The molecule has 2 saturated heterocycles. The number of carbonyl (C=O) groups excluding carboxylic acids is 2. The summed E-state index contributed by atoms with van der Waals surface area (Å²) in [5, 5.41) is 3.49. The molecule has 3 aliphatic rings. The van der Waals surface area contributed by atoms with Crippen LogP contribution in [0.15, 0.2) is 29.2 Å². The third kappa shape index (κ3) is 6.45. The molecule has 2 aliphatic heterocycles. The molecule has 1 aromatic carbocycles. The maximum absolute atomic E-state index is 13.4. The number of rotatable bonds is 8. The van der Waals surface area contributed by atoms with Gasteiger partial charge in [-0.2, -0.15) is 0 Å². The van der Waals surface area contributed by atoms with Crippen LogP contribution in [0.1, 0.15) is 75.8 Å². The van der Waals surface area contributed by atoms with Crippen molar-refractivity contribution < 1.29 is 9.59 Å². The van der Waals surface area contributed by atoms with E-state index >= 15 is 0 Å². The highest BCUT2D eigenvalue weighted by Crippen LogP contribution is 2.42. The van der Waals surface area contributed by atoms with Crippen LogP contribution in [0.2, 0.25) is 0 Å². The first-order chi connectivity index (χ1) is 16.5. The highest BCUT2D eigenvalue weighted by atomic mass is 32.2. The molecule has 1 saturated carbocycles. The van der Waals surface area contributed by atoms with Crippen molar-refractivity contribution in [2.75, 3.05) is 26.2 Å². The van der Waals surface area contributed by atoms with Crippen molar-refractivity contribution in [2.24, 2.45) is 0 Å². The fraction of sp³-hybridized carbons (Fsp3) is 0.643. The lowest BCUT2D eigenvalue weighted by Gasteiger charge is -2.43. The van der Waals surface area contributed by atoms with Gasteiger partial charge in [-0.1, -0.05) is 56.0 Å². The summed E-state index contributed by atoms with van der Waals surface area (Å²) >= 11 is 1.73. The minimum absolute atomic E-state index is 0.0166. The summed E-state index contributed by atoms with van der Waals surface area (Å²) in [5.41, 5.74) is 2.25. The van der Waals surface area contributed by atoms with Crippen LogP contribution in [-0.2, 0) is 9.59 Å². The molecule has 0 aromatic heterocycles. The van der Waals surface area contributed by atoms with Gasteiger partial charge >= 0.3 is 0 Å². The number of likely N-dealkylation sites (tertiary alicyclic amines) is 1. The monoisotopic (exact) mass is 483 g/mol. The number of nitrogens with one attached hydrogen (secondary N) is 1. The fourth-order valence-corrected chi connectivity index (χ4v) is 7.19. The van der Waals surface area contributed by atoms with E-state index in [4.69, 9.17) is 0 Å². The maximum atomic E-state index is 13.4. The number of thioether (sulfide) groups is 1. The highest BCUT2D eigenvalue weighted by Gasteiger charge is 2.41. The number of hydrogen-bond acceptors (Lipinski definition) is 4. The summed E-state index contributed by atoms with van der Waals surface area (Å²) in [7, 11) is 0. The van der Waals surface area contributed by atoms with Crippen molar-refractivity contribution in [3.8, 4) is 0 Å². The molecule has 0 bridgehead atoms. The third-order valence-electron chi connectivity index (χ3n) is 7.67. The van der Waals surface area contributed by atoms with E-state index in [1.165, 1.54) is 44.2 Å². The second kappa shape index (κ2) is 12.3. The van der Waals surface area contributed by atoms with Gasteiger partial charge in [-0.05, 0) is 63.6 Å². The van der Waals surface area contributed by atoms with Gasteiger partial charge in [0.25, 0.3) is 5.91 Å². The fourth-order valence-electron chi connectivity index (χ4n) is 5.71. The Bertz CT molecular complexity index is 869. The van der Waals surface area contributed by atoms with E-state index in [2.05, 4.69) is 48.3 Å². The van der Waals surface area contributed by atoms with Crippen LogP contribution in [0.3, 0.4) is 0 Å². The van der Waals surface area contributed by atoms with Crippen LogP contribution in [0.5, 0.6) is 0 Å². The normalized spacial score (nSPS) is 27.0. The van der Waals surface area contributed by atoms with Crippen molar-refractivity contribution in [3.05, 3.63) is 40.3 Å². The SMILES string of the molecule is CCC1CCCCN1CCCNC(=O)CN1C(=O)/C(=C\c2ccc(C)cc2)SC2CCCCC21. The first-order valence-corrected chi connectivity index (χ1v) is 14.2. The number of hydrogen-bond donors (Lipinski definition) is 1. The molecule has 1 N–H and O–H groups in total. The van der Waals surface area contributed by atoms with E-state index in [0.29, 0.717) is 17.8 Å².